The van der Waals surface area contributed by atoms with Crippen LogP contribution in [0.4, 0.5) is 5.69 Å². The van der Waals surface area contributed by atoms with Crippen LogP contribution in [0, 0.1) is 6.92 Å². The standard InChI is InChI=1S/C21H27N3O2/c1-15-7-4-5-8-17(15)21(2,3)14-23-20(22)24-16-9-10-18-19(13-16)26-12-6-11-25-18/h4-5,7-10,13H,6,11-12,14H2,1-3H3,(H3,22,23,24). The Kier molecular flexibility index (Phi) is 5.35. The van der Waals surface area contributed by atoms with Gasteiger partial charge in [0.05, 0.1) is 19.8 Å². The Labute approximate surface area is 155 Å². The van der Waals surface area contributed by atoms with E-state index in [-0.39, 0.29) is 5.41 Å². The minimum atomic E-state index is -0.0949. The number of aryl methyl sites for hydroxylation is 1. The number of benzene rings is 2. The monoisotopic (exact) mass is 353 g/mol. The van der Waals surface area contributed by atoms with E-state index in [4.69, 9.17) is 15.2 Å². The third kappa shape index (κ3) is 4.28. The van der Waals surface area contributed by atoms with Crippen LogP contribution in [-0.2, 0) is 5.41 Å². The van der Waals surface area contributed by atoms with Crippen molar-refractivity contribution in [1.29, 1.82) is 0 Å². The van der Waals surface area contributed by atoms with Crippen LogP contribution in [0.15, 0.2) is 47.5 Å². The van der Waals surface area contributed by atoms with Crippen LogP contribution in [0.25, 0.3) is 0 Å². The Hall–Kier alpha value is -2.69. The molecule has 0 aliphatic carbocycles. The number of nitrogens with two attached hydrogens (primary N) is 1. The number of anilines is 1. The van der Waals surface area contributed by atoms with E-state index in [0.717, 1.165) is 23.6 Å². The Morgan fingerprint density at radius 2 is 1.85 bits per heavy atom. The van der Waals surface area contributed by atoms with Gasteiger partial charge in [-0.25, -0.2) is 0 Å². The minimum Gasteiger partial charge on any atom is -0.490 e. The average molecular weight is 353 g/mol. The lowest BCUT2D eigenvalue weighted by atomic mass is 9.82. The number of hydrogen-bond acceptors (Lipinski definition) is 3. The molecule has 0 amide bonds. The lowest BCUT2D eigenvalue weighted by molar-refractivity contribution is 0.297. The second-order valence-corrected chi connectivity index (χ2v) is 7.24. The number of guanidine groups is 1. The molecule has 2 aromatic rings. The number of hydrogen-bond donors (Lipinski definition) is 2. The fourth-order valence-corrected chi connectivity index (χ4v) is 3.13. The molecule has 26 heavy (non-hydrogen) atoms. The molecule has 0 fully saturated rings. The summed E-state index contributed by atoms with van der Waals surface area (Å²) in [5.74, 6) is 1.89. The Morgan fingerprint density at radius 1 is 1.12 bits per heavy atom. The number of fused-ring (bicyclic) bond motifs is 1. The van der Waals surface area contributed by atoms with Gasteiger partial charge in [0.25, 0.3) is 0 Å². The fraction of sp³-hybridized carbons (Fsp3) is 0.381. The molecule has 0 unspecified atom stereocenters. The van der Waals surface area contributed by atoms with Crippen LogP contribution in [0.3, 0.4) is 0 Å². The van der Waals surface area contributed by atoms with E-state index in [2.05, 4.69) is 55.3 Å². The van der Waals surface area contributed by atoms with Crippen LogP contribution in [0.2, 0.25) is 0 Å². The molecule has 1 aliphatic heterocycles. The third-order valence-electron chi connectivity index (χ3n) is 4.54. The normalized spacial score (nSPS) is 14.7. The summed E-state index contributed by atoms with van der Waals surface area (Å²) in [5, 5.41) is 3.14. The maximum atomic E-state index is 6.10. The maximum Gasteiger partial charge on any atom is 0.193 e. The molecule has 0 saturated heterocycles. The summed E-state index contributed by atoms with van der Waals surface area (Å²) in [6, 6.07) is 14.1. The van der Waals surface area contributed by atoms with E-state index in [1.807, 2.05) is 18.2 Å². The van der Waals surface area contributed by atoms with Crippen molar-refractivity contribution in [2.45, 2.75) is 32.6 Å². The highest BCUT2D eigenvalue weighted by Crippen LogP contribution is 2.32. The Balaban J connectivity index is 1.69. The average Bonchev–Trinajstić information content (AvgIpc) is 2.85. The molecule has 1 heterocycles. The predicted molar refractivity (Wildman–Crippen MR) is 106 cm³/mol. The lowest BCUT2D eigenvalue weighted by Crippen LogP contribution is -2.28. The highest BCUT2D eigenvalue weighted by molar-refractivity contribution is 5.92. The molecule has 0 radical (unpaired) electrons. The van der Waals surface area contributed by atoms with E-state index in [0.29, 0.717) is 25.7 Å². The van der Waals surface area contributed by atoms with Gasteiger partial charge in [-0.1, -0.05) is 38.1 Å². The van der Waals surface area contributed by atoms with Crippen molar-refractivity contribution in [1.82, 2.24) is 0 Å². The SMILES string of the molecule is Cc1ccccc1C(C)(C)CN=C(N)Nc1ccc2c(c1)OCCCO2. The molecule has 1 aliphatic rings. The summed E-state index contributed by atoms with van der Waals surface area (Å²) < 4.78 is 11.4. The fourth-order valence-electron chi connectivity index (χ4n) is 3.13. The molecule has 3 N–H and O–H groups in total. The first-order valence-corrected chi connectivity index (χ1v) is 8.98. The third-order valence-corrected chi connectivity index (χ3v) is 4.54. The first kappa shape index (κ1) is 18.1. The number of nitrogens with zero attached hydrogens (tertiary/aromatic N) is 1. The zero-order valence-corrected chi connectivity index (χ0v) is 15.7. The largest absolute Gasteiger partial charge is 0.490 e. The van der Waals surface area contributed by atoms with Crippen molar-refractivity contribution in [3.8, 4) is 11.5 Å². The topological polar surface area (TPSA) is 68.9 Å². The van der Waals surface area contributed by atoms with Crippen molar-refractivity contribution in [2.24, 2.45) is 10.7 Å². The van der Waals surface area contributed by atoms with Gasteiger partial charge in [-0.15, -0.1) is 0 Å². The zero-order chi connectivity index (χ0) is 18.6. The summed E-state index contributed by atoms with van der Waals surface area (Å²) in [6.45, 7) is 8.42. The highest BCUT2D eigenvalue weighted by Gasteiger charge is 2.22. The van der Waals surface area contributed by atoms with Gasteiger partial charge in [-0.3, -0.25) is 4.99 Å². The van der Waals surface area contributed by atoms with Crippen LogP contribution >= 0.6 is 0 Å². The van der Waals surface area contributed by atoms with Crippen molar-refractivity contribution in [3.05, 3.63) is 53.6 Å². The smallest absolute Gasteiger partial charge is 0.193 e. The minimum absolute atomic E-state index is 0.0949. The zero-order valence-electron chi connectivity index (χ0n) is 15.7. The van der Waals surface area contributed by atoms with E-state index in [1.165, 1.54) is 11.1 Å². The number of rotatable bonds is 4. The van der Waals surface area contributed by atoms with Gasteiger partial charge in [-0.05, 0) is 30.2 Å². The Morgan fingerprint density at radius 3 is 2.62 bits per heavy atom. The Bertz CT molecular complexity index is 800. The number of aliphatic imine (C=N–C) groups is 1. The van der Waals surface area contributed by atoms with E-state index < -0.39 is 0 Å². The predicted octanol–water partition coefficient (Wildman–Crippen LogP) is 3.86. The van der Waals surface area contributed by atoms with Crippen LogP contribution in [0.5, 0.6) is 11.5 Å². The maximum absolute atomic E-state index is 6.10. The highest BCUT2D eigenvalue weighted by atomic mass is 16.5. The van der Waals surface area contributed by atoms with Gasteiger partial charge in [0.1, 0.15) is 0 Å². The second-order valence-electron chi connectivity index (χ2n) is 7.24. The van der Waals surface area contributed by atoms with Crippen molar-refractivity contribution in [3.63, 3.8) is 0 Å². The molecular formula is C21H27N3O2. The molecule has 0 saturated carbocycles. The van der Waals surface area contributed by atoms with Gasteiger partial charge in [-0.2, -0.15) is 0 Å². The number of nitrogens with one attached hydrogen (secondary N) is 1. The number of ether oxygens (including phenoxy) is 2. The van der Waals surface area contributed by atoms with Crippen molar-refractivity contribution >= 4 is 11.6 Å². The lowest BCUT2D eigenvalue weighted by Gasteiger charge is -2.25. The van der Waals surface area contributed by atoms with Gasteiger partial charge >= 0.3 is 0 Å². The molecule has 5 heteroatoms. The molecule has 0 spiro atoms. The summed E-state index contributed by atoms with van der Waals surface area (Å²) in [6.07, 6.45) is 0.884. The van der Waals surface area contributed by atoms with Crippen molar-refractivity contribution < 1.29 is 9.47 Å². The first-order chi connectivity index (χ1) is 12.5. The molecule has 0 atom stereocenters. The van der Waals surface area contributed by atoms with Gasteiger partial charge in [0.2, 0.25) is 0 Å². The van der Waals surface area contributed by atoms with Crippen LogP contribution in [0.1, 0.15) is 31.4 Å². The molecule has 2 aromatic carbocycles. The second kappa shape index (κ2) is 7.68. The van der Waals surface area contributed by atoms with E-state index in [9.17, 15) is 0 Å². The van der Waals surface area contributed by atoms with E-state index in [1.54, 1.807) is 0 Å². The molecule has 3 rings (SSSR count). The molecule has 0 aromatic heterocycles. The molecule has 138 valence electrons. The molecule has 5 nitrogen and oxygen atoms in total. The quantitative estimate of drug-likeness (QED) is 0.647. The van der Waals surface area contributed by atoms with Gasteiger partial charge in [0.15, 0.2) is 17.5 Å². The van der Waals surface area contributed by atoms with E-state index >= 15 is 0 Å². The van der Waals surface area contributed by atoms with Gasteiger partial charge < -0.3 is 20.5 Å². The summed E-state index contributed by atoms with van der Waals surface area (Å²) in [4.78, 5) is 4.55. The van der Waals surface area contributed by atoms with Crippen LogP contribution < -0.4 is 20.5 Å². The molecular weight excluding hydrogens is 326 g/mol. The summed E-state index contributed by atoms with van der Waals surface area (Å²) >= 11 is 0. The van der Waals surface area contributed by atoms with Gasteiger partial charge in [0, 0.05) is 23.6 Å². The van der Waals surface area contributed by atoms with Crippen LogP contribution in [-0.4, -0.2) is 25.7 Å². The first-order valence-electron chi connectivity index (χ1n) is 8.98. The molecule has 0 bridgehead atoms. The summed E-state index contributed by atoms with van der Waals surface area (Å²) in [7, 11) is 0. The van der Waals surface area contributed by atoms with Crippen molar-refractivity contribution in [2.75, 3.05) is 25.1 Å². The summed E-state index contributed by atoms with van der Waals surface area (Å²) in [5.41, 5.74) is 9.40.